The number of aryl methyl sites for hydroxylation is 1. The number of halogens is 1. The number of carbonyl (C=O) groups is 1. The molecule has 7 nitrogen and oxygen atoms in total. The van der Waals surface area contributed by atoms with Gasteiger partial charge in [-0.3, -0.25) is 0 Å². The molecule has 0 fully saturated rings. The Balaban J connectivity index is 1.27. The van der Waals surface area contributed by atoms with Crippen molar-refractivity contribution in [2.24, 2.45) is 0 Å². The van der Waals surface area contributed by atoms with Crippen molar-refractivity contribution >= 4 is 23.7 Å². The summed E-state index contributed by atoms with van der Waals surface area (Å²) in [4.78, 5) is 18.3. The third-order valence-corrected chi connectivity index (χ3v) is 8.15. The van der Waals surface area contributed by atoms with Crippen LogP contribution >= 0.6 is 11.8 Å². The predicted octanol–water partition coefficient (Wildman–Crippen LogP) is 7.63. The van der Waals surface area contributed by atoms with Crippen LogP contribution in [0, 0.1) is 12.7 Å². The fourth-order valence-corrected chi connectivity index (χ4v) is 5.85. The van der Waals surface area contributed by atoms with Gasteiger partial charge < -0.3 is 14.8 Å². The Morgan fingerprint density at radius 2 is 1.66 bits per heavy atom. The van der Waals surface area contributed by atoms with E-state index >= 15 is 0 Å². The number of esters is 1. The molecule has 0 aliphatic carbocycles. The maximum atomic E-state index is 14.3. The number of anilines is 1. The van der Waals surface area contributed by atoms with Crippen molar-refractivity contribution in [2.75, 3.05) is 5.32 Å². The number of allylic oxidation sites excluding steroid dienone is 1. The van der Waals surface area contributed by atoms with E-state index in [2.05, 4.69) is 29.4 Å². The third kappa shape index (κ3) is 6.68. The highest BCUT2D eigenvalue weighted by Gasteiger charge is 2.35. The van der Waals surface area contributed by atoms with Gasteiger partial charge in [0.05, 0.1) is 5.57 Å². The number of ether oxygens (including phenoxy) is 2. The fourth-order valence-electron chi connectivity index (χ4n) is 5.04. The van der Waals surface area contributed by atoms with Crippen LogP contribution in [0.5, 0.6) is 5.75 Å². The van der Waals surface area contributed by atoms with Gasteiger partial charge in [-0.15, -0.1) is 5.10 Å². The van der Waals surface area contributed by atoms with Crippen LogP contribution in [0.1, 0.15) is 40.8 Å². The molecular weight excluding hydrogens is 575 g/mol. The van der Waals surface area contributed by atoms with Gasteiger partial charge >= 0.3 is 5.97 Å². The lowest BCUT2D eigenvalue weighted by Gasteiger charge is -2.28. The number of hydrogen-bond donors (Lipinski definition) is 1. The molecule has 2 heterocycles. The second-order valence-electron chi connectivity index (χ2n) is 10.5. The van der Waals surface area contributed by atoms with E-state index in [1.165, 1.54) is 23.4 Å². The molecule has 9 heteroatoms. The predicted molar refractivity (Wildman–Crippen MR) is 169 cm³/mol. The van der Waals surface area contributed by atoms with Crippen molar-refractivity contribution in [1.29, 1.82) is 0 Å². The van der Waals surface area contributed by atoms with Gasteiger partial charge in [0.25, 0.3) is 0 Å². The monoisotopic (exact) mass is 606 g/mol. The Labute approximate surface area is 259 Å². The molecule has 1 aliphatic rings. The fraction of sp³-hybridized carbons (Fsp3) is 0.171. The summed E-state index contributed by atoms with van der Waals surface area (Å²) >= 11 is 1.33. The normalized spacial score (nSPS) is 14.1. The van der Waals surface area contributed by atoms with Crippen LogP contribution in [-0.2, 0) is 28.5 Å². The summed E-state index contributed by atoms with van der Waals surface area (Å²) in [6, 6.07) is 31.4. The molecule has 0 saturated heterocycles. The van der Waals surface area contributed by atoms with Gasteiger partial charge in [0, 0.05) is 11.4 Å². The first-order chi connectivity index (χ1) is 21.4. The zero-order valence-corrected chi connectivity index (χ0v) is 25.2. The molecule has 0 saturated carbocycles. The van der Waals surface area contributed by atoms with Crippen molar-refractivity contribution < 1.29 is 18.7 Å². The number of aromatic nitrogens is 3. The number of rotatable bonds is 10. The van der Waals surface area contributed by atoms with Crippen LogP contribution in [0.3, 0.4) is 0 Å². The van der Waals surface area contributed by atoms with Crippen LogP contribution in [0.15, 0.2) is 120 Å². The highest BCUT2D eigenvalue weighted by atomic mass is 32.2. The number of thioether (sulfide) groups is 1. The summed E-state index contributed by atoms with van der Waals surface area (Å²) in [5.41, 5.74) is 5.59. The minimum atomic E-state index is -0.601. The molecule has 0 radical (unpaired) electrons. The summed E-state index contributed by atoms with van der Waals surface area (Å²) in [5, 5.41) is 8.45. The van der Waals surface area contributed by atoms with Crippen LogP contribution in [-0.4, -0.2) is 20.7 Å². The summed E-state index contributed by atoms with van der Waals surface area (Å²) in [7, 11) is 0. The molecule has 4 aromatic carbocycles. The van der Waals surface area contributed by atoms with Gasteiger partial charge in [-0.05, 0) is 54.3 Å². The van der Waals surface area contributed by atoms with E-state index in [-0.39, 0.29) is 12.4 Å². The van der Waals surface area contributed by atoms with Gasteiger partial charge in [0.15, 0.2) is 0 Å². The largest absolute Gasteiger partial charge is 0.489 e. The van der Waals surface area contributed by atoms with E-state index in [0.717, 1.165) is 16.7 Å². The van der Waals surface area contributed by atoms with Crippen molar-refractivity contribution in [3.8, 4) is 5.75 Å². The topological polar surface area (TPSA) is 78.3 Å². The highest BCUT2D eigenvalue weighted by molar-refractivity contribution is 7.98. The lowest BCUT2D eigenvalue weighted by molar-refractivity contribution is -0.140. The Morgan fingerprint density at radius 3 is 2.43 bits per heavy atom. The summed E-state index contributed by atoms with van der Waals surface area (Å²) in [5.74, 6) is 0.837. The van der Waals surface area contributed by atoms with E-state index in [9.17, 15) is 9.18 Å². The minimum Gasteiger partial charge on any atom is -0.489 e. The molecule has 222 valence electrons. The Kier molecular flexibility index (Phi) is 8.74. The first-order valence-corrected chi connectivity index (χ1v) is 15.2. The van der Waals surface area contributed by atoms with Crippen LogP contribution in [0.25, 0.3) is 0 Å². The van der Waals surface area contributed by atoms with Crippen LogP contribution in [0.4, 0.5) is 10.3 Å². The van der Waals surface area contributed by atoms with Crippen LogP contribution < -0.4 is 10.1 Å². The van der Waals surface area contributed by atoms with Gasteiger partial charge in [-0.1, -0.05) is 102 Å². The van der Waals surface area contributed by atoms with Crippen LogP contribution in [0.2, 0.25) is 0 Å². The van der Waals surface area contributed by atoms with Crippen molar-refractivity contribution in [3.63, 3.8) is 0 Å². The standard InChI is InChI=1S/C35H31FN4O3S/c1-23-9-8-12-26(19-23)21-42-29-17-15-27(16-18-29)32-31(33(41)43-20-25-10-4-3-5-11-25)24(2)37-34-38-35(39-40(32)34)44-22-28-13-6-7-14-30(28)36/h3-19,32H,20-22H2,1-2H3,(H,37,38,39). The molecule has 6 rings (SSSR count). The minimum absolute atomic E-state index is 0.142. The number of nitrogens with zero attached hydrogens (tertiary/aromatic N) is 3. The SMILES string of the molecule is CC1=C(C(=O)OCc2ccccc2)C(c2ccc(OCc3cccc(C)c3)cc2)n2nc(SCc3ccccc3F)nc2N1. The Hall–Kier alpha value is -4.89. The smallest absolute Gasteiger partial charge is 0.338 e. The maximum Gasteiger partial charge on any atom is 0.338 e. The van der Waals surface area contributed by atoms with E-state index in [4.69, 9.17) is 14.6 Å². The number of carbonyl (C=O) groups excluding carboxylic acids is 1. The maximum absolute atomic E-state index is 14.3. The molecule has 1 unspecified atom stereocenters. The zero-order valence-electron chi connectivity index (χ0n) is 24.4. The highest BCUT2D eigenvalue weighted by Crippen LogP contribution is 2.38. The summed E-state index contributed by atoms with van der Waals surface area (Å²) in [6.07, 6.45) is 0. The Bertz CT molecular complexity index is 1800. The molecular formula is C35H31FN4O3S. The van der Waals surface area contributed by atoms with Crippen molar-refractivity contribution in [1.82, 2.24) is 14.8 Å². The average molecular weight is 607 g/mol. The first-order valence-electron chi connectivity index (χ1n) is 14.2. The second kappa shape index (κ2) is 13.2. The molecule has 0 spiro atoms. The molecule has 1 aliphatic heterocycles. The lowest BCUT2D eigenvalue weighted by atomic mass is 9.95. The number of benzene rings is 4. The molecule has 1 aromatic heterocycles. The number of fused-ring (bicyclic) bond motifs is 1. The first kappa shape index (κ1) is 29.2. The quantitative estimate of drug-likeness (QED) is 0.129. The molecule has 0 amide bonds. The van der Waals surface area contributed by atoms with E-state index in [0.29, 0.717) is 46.0 Å². The van der Waals surface area contributed by atoms with E-state index in [1.807, 2.05) is 73.7 Å². The molecule has 5 aromatic rings. The van der Waals surface area contributed by atoms with Gasteiger partial charge in [-0.2, -0.15) is 4.98 Å². The number of hydrogen-bond acceptors (Lipinski definition) is 7. The van der Waals surface area contributed by atoms with Crippen molar-refractivity contribution in [2.45, 2.75) is 44.0 Å². The molecule has 1 N–H and O–H groups in total. The third-order valence-electron chi connectivity index (χ3n) is 7.26. The van der Waals surface area contributed by atoms with Crippen molar-refractivity contribution in [3.05, 3.63) is 148 Å². The van der Waals surface area contributed by atoms with Gasteiger partial charge in [0.2, 0.25) is 11.1 Å². The van der Waals surface area contributed by atoms with Gasteiger partial charge in [-0.25, -0.2) is 13.9 Å². The molecule has 44 heavy (non-hydrogen) atoms. The Morgan fingerprint density at radius 1 is 0.909 bits per heavy atom. The summed E-state index contributed by atoms with van der Waals surface area (Å²) in [6.45, 7) is 4.47. The van der Waals surface area contributed by atoms with E-state index in [1.54, 1.807) is 22.9 Å². The number of nitrogens with one attached hydrogen (secondary N) is 1. The lowest BCUT2D eigenvalue weighted by Crippen LogP contribution is -2.29. The zero-order chi connectivity index (χ0) is 30.5. The second-order valence-corrected chi connectivity index (χ2v) is 11.5. The summed E-state index contributed by atoms with van der Waals surface area (Å²) < 4.78 is 27.8. The molecule has 1 atom stereocenters. The average Bonchev–Trinajstić information content (AvgIpc) is 3.45. The molecule has 0 bridgehead atoms. The van der Waals surface area contributed by atoms with E-state index < -0.39 is 12.0 Å². The van der Waals surface area contributed by atoms with Gasteiger partial charge in [0.1, 0.15) is 30.8 Å².